The largest absolute Gasteiger partial charge is 0.244 e. The molecule has 0 aromatic heterocycles. The van der Waals surface area contributed by atoms with Crippen molar-refractivity contribution in [3.63, 3.8) is 0 Å². The van der Waals surface area contributed by atoms with E-state index in [4.69, 9.17) is 0 Å². The number of nitrogens with zero attached hydrogens (tertiary/aromatic N) is 1. The predicted molar refractivity (Wildman–Crippen MR) is 26.7 cm³/mol. The molecule has 0 spiro atoms. The van der Waals surface area contributed by atoms with Gasteiger partial charge in [-0.2, -0.15) is 0 Å². The number of rotatable bonds is 2. The van der Waals surface area contributed by atoms with Crippen molar-refractivity contribution in [2.45, 2.75) is 0 Å². The molecule has 1 radical (unpaired) electrons. The maximum atomic E-state index is 3.81. The standard InChI is InChI=1S/C3H7BrN/c1-5-3-2-4/h2-3H2,1H3. The predicted octanol–water partition coefficient (Wildman–Crippen LogP) is 0.616. The van der Waals surface area contributed by atoms with Crippen LogP contribution in [0, 0.1) is 0 Å². The zero-order chi connectivity index (χ0) is 4.12. The molecule has 0 rings (SSSR count). The van der Waals surface area contributed by atoms with Crippen LogP contribution in [-0.2, 0) is 0 Å². The van der Waals surface area contributed by atoms with Crippen LogP contribution >= 0.6 is 15.9 Å². The van der Waals surface area contributed by atoms with Gasteiger partial charge in [0.2, 0.25) is 0 Å². The average molecular weight is 137 g/mol. The maximum absolute atomic E-state index is 3.81. The zero-order valence-corrected chi connectivity index (χ0v) is 4.83. The lowest BCUT2D eigenvalue weighted by Gasteiger charge is -1.80. The molecule has 0 saturated heterocycles. The molecule has 0 unspecified atom stereocenters. The van der Waals surface area contributed by atoms with E-state index in [9.17, 15) is 0 Å². The molecular formula is C3H7BrN. The number of alkyl halides is 1. The highest BCUT2D eigenvalue weighted by Crippen LogP contribution is 1.71. The van der Waals surface area contributed by atoms with E-state index >= 15 is 0 Å². The van der Waals surface area contributed by atoms with Crippen LogP contribution in [0.2, 0.25) is 0 Å². The molecule has 0 N–H and O–H groups in total. The lowest BCUT2D eigenvalue weighted by atomic mass is 10.8. The van der Waals surface area contributed by atoms with E-state index in [-0.39, 0.29) is 0 Å². The minimum atomic E-state index is 0.931. The van der Waals surface area contributed by atoms with Crippen LogP contribution in [-0.4, -0.2) is 18.9 Å². The van der Waals surface area contributed by atoms with Crippen molar-refractivity contribution >= 4 is 15.9 Å². The smallest absolute Gasteiger partial charge is 0.0227 e. The van der Waals surface area contributed by atoms with Gasteiger partial charge in [0.1, 0.15) is 0 Å². The highest BCUT2D eigenvalue weighted by Gasteiger charge is 1.68. The molecule has 0 atom stereocenters. The summed E-state index contributed by atoms with van der Waals surface area (Å²) in [6, 6.07) is 0. The fraction of sp³-hybridized carbons (Fsp3) is 1.00. The SMILES string of the molecule is C[N]CCBr. The Hall–Kier alpha value is 0.440. The van der Waals surface area contributed by atoms with Gasteiger partial charge in [-0.3, -0.25) is 0 Å². The van der Waals surface area contributed by atoms with Crippen LogP contribution in [0.15, 0.2) is 0 Å². The summed E-state index contributed by atoms with van der Waals surface area (Å²) in [7, 11) is 1.81. The summed E-state index contributed by atoms with van der Waals surface area (Å²) in [5.41, 5.74) is 0. The Bertz CT molecular complexity index is 14.4. The van der Waals surface area contributed by atoms with Gasteiger partial charge in [-0.1, -0.05) is 15.9 Å². The van der Waals surface area contributed by atoms with Crippen molar-refractivity contribution in [2.24, 2.45) is 0 Å². The fourth-order valence-electron chi connectivity index (χ4n) is 0.0845. The molecule has 0 aliphatic carbocycles. The number of hydrogen-bond donors (Lipinski definition) is 0. The Labute approximate surface area is 40.9 Å². The van der Waals surface area contributed by atoms with E-state index in [0.29, 0.717) is 0 Å². The topological polar surface area (TPSA) is 14.1 Å². The summed E-state index contributed by atoms with van der Waals surface area (Å²) in [4.78, 5) is 0. The second-order valence-corrected chi connectivity index (χ2v) is 1.52. The molecule has 0 saturated carbocycles. The monoisotopic (exact) mass is 136 g/mol. The quantitative estimate of drug-likeness (QED) is 0.495. The van der Waals surface area contributed by atoms with E-state index in [2.05, 4.69) is 21.2 Å². The van der Waals surface area contributed by atoms with Gasteiger partial charge in [-0.25, -0.2) is 5.32 Å². The van der Waals surface area contributed by atoms with Gasteiger partial charge in [-0.05, 0) is 0 Å². The van der Waals surface area contributed by atoms with Gasteiger partial charge < -0.3 is 0 Å². The molecule has 0 amide bonds. The second-order valence-electron chi connectivity index (χ2n) is 0.729. The van der Waals surface area contributed by atoms with E-state index in [1.807, 2.05) is 0 Å². The molecule has 0 bridgehead atoms. The highest BCUT2D eigenvalue weighted by atomic mass is 79.9. The first kappa shape index (κ1) is 5.44. The molecule has 1 nitrogen and oxygen atoms in total. The van der Waals surface area contributed by atoms with Crippen molar-refractivity contribution in [3.05, 3.63) is 0 Å². The van der Waals surface area contributed by atoms with Crippen molar-refractivity contribution in [1.82, 2.24) is 5.32 Å². The molecule has 0 aromatic rings. The van der Waals surface area contributed by atoms with Crippen LogP contribution in [0.25, 0.3) is 0 Å². The van der Waals surface area contributed by atoms with Gasteiger partial charge in [0, 0.05) is 18.9 Å². The molecule has 0 aromatic carbocycles. The Morgan fingerprint density at radius 1 is 1.80 bits per heavy atom. The lowest BCUT2D eigenvalue weighted by Crippen LogP contribution is -1.98. The van der Waals surface area contributed by atoms with Gasteiger partial charge in [-0.15, -0.1) is 0 Å². The van der Waals surface area contributed by atoms with E-state index in [0.717, 1.165) is 11.9 Å². The third-order valence-corrected chi connectivity index (χ3v) is 0.663. The van der Waals surface area contributed by atoms with E-state index in [1.54, 1.807) is 7.05 Å². The van der Waals surface area contributed by atoms with Crippen molar-refractivity contribution in [3.8, 4) is 0 Å². The molecule has 0 fully saturated rings. The van der Waals surface area contributed by atoms with Gasteiger partial charge in [0.05, 0.1) is 0 Å². The Balaban J connectivity index is 2.19. The summed E-state index contributed by atoms with van der Waals surface area (Å²) >= 11 is 3.22. The Kier molecular flexibility index (Phi) is 4.83. The summed E-state index contributed by atoms with van der Waals surface area (Å²) in [5, 5.41) is 4.80. The molecule has 0 aliphatic rings. The first-order valence-corrected chi connectivity index (χ1v) is 2.65. The molecular weight excluding hydrogens is 130 g/mol. The summed E-state index contributed by atoms with van der Waals surface area (Å²) in [6.07, 6.45) is 0. The van der Waals surface area contributed by atoms with Crippen molar-refractivity contribution < 1.29 is 0 Å². The Morgan fingerprint density at radius 3 is 2.40 bits per heavy atom. The van der Waals surface area contributed by atoms with Crippen LogP contribution in [0.1, 0.15) is 0 Å². The minimum absolute atomic E-state index is 0.931. The fourth-order valence-corrected chi connectivity index (χ4v) is 0.439. The summed E-state index contributed by atoms with van der Waals surface area (Å²) < 4.78 is 0. The highest BCUT2D eigenvalue weighted by molar-refractivity contribution is 9.09. The lowest BCUT2D eigenvalue weighted by molar-refractivity contribution is 0.857. The summed E-state index contributed by atoms with van der Waals surface area (Å²) in [6.45, 7) is 0.931. The average Bonchev–Trinajstić information content (AvgIpc) is 1.41. The molecule has 0 heterocycles. The zero-order valence-electron chi connectivity index (χ0n) is 3.24. The van der Waals surface area contributed by atoms with Gasteiger partial charge in [0.15, 0.2) is 0 Å². The van der Waals surface area contributed by atoms with Crippen LogP contribution < -0.4 is 5.32 Å². The van der Waals surface area contributed by atoms with E-state index < -0.39 is 0 Å². The number of halogens is 1. The molecule has 31 valence electrons. The van der Waals surface area contributed by atoms with Crippen LogP contribution in [0.4, 0.5) is 0 Å². The summed E-state index contributed by atoms with van der Waals surface area (Å²) in [5.74, 6) is 0. The van der Waals surface area contributed by atoms with Crippen LogP contribution in [0.3, 0.4) is 0 Å². The molecule has 2 heteroatoms. The van der Waals surface area contributed by atoms with Gasteiger partial charge >= 0.3 is 0 Å². The normalized spacial score (nSPS) is 8.40. The third-order valence-electron chi connectivity index (χ3n) is 0.308. The Morgan fingerprint density at radius 2 is 2.40 bits per heavy atom. The second kappa shape index (κ2) is 4.44. The molecule has 0 aliphatic heterocycles. The van der Waals surface area contributed by atoms with E-state index in [1.165, 1.54) is 0 Å². The third kappa shape index (κ3) is 4.44. The first-order chi connectivity index (χ1) is 2.41. The van der Waals surface area contributed by atoms with Crippen LogP contribution in [0.5, 0.6) is 0 Å². The van der Waals surface area contributed by atoms with Crippen molar-refractivity contribution in [2.75, 3.05) is 18.9 Å². The minimum Gasteiger partial charge on any atom is -0.244 e. The molecule has 5 heavy (non-hydrogen) atoms. The van der Waals surface area contributed by atoms with Gasteiger partial charge in [0.25, 0.3) is 0 Å². The maximum Gasteiger partial charge on any atom is 0.0227 e. The van der Waals surface area contributed by atoms with Crippen molar-refractivity contribution in [1.29, 1.82) is 0 Å². The first-order valence-electron chi connectivity index (χ1n) is 1.53. The number of hydrogen-bond acceptors (Lipinski definition) is 0.